The predicted molar refractivity (Wildman–Crippen MR) is 109 cm³/mol. The van der Waals surface area contributed by atoms with E-state index in [0.29, 0.717) is 13.1 Å². The van der Waals surface area contributed by atoms with E-state index in [2.05, 4.69) is 6.92 Å². The fourth-order valence-corrected chi connectivity index (χ4v) is 2.75. The highest BCUT2D eigenvalue weighted by atomic mass is 16.6. The zero-order valence-electron chi connectivity index (χ0n) is 16.7. The van der Waals surface area contributed by atoms with Crippen molar-refractivity contribution in [1.29, 1.82) is 0 Å². The van der Waals surface area contributed by atoms with Gasteiger partial charge in [-0.3, -0.25) is 0 Å². The molecule has 0 saturated carbocycles. The largest absolute Gasteiger partial charge is 0.458 e. The number of rotatable bonds is 10. The van der Waals surface area contributed by atoms with E-state index in [1.807, 2.05) is 67.6 Å². The van der Waals surface area contributed by atoms with Crippen LogP contribution >= 0.6 is 0 Å². The van der Waals surface area contributed by atoms with Crippen molar-refractivity contribution >= 4 is 12.1 Å². The molecule has 0 aliphatic heterocycles. The number of benzene rings is 2. The Hall–Kier alpha value is -2.82. The second kappa shape index (κ2) is 11.8. The minimum absolute atomic E-state index is 0.149. The van der Waals surface area contributed by atoms with Crippen LogP contribution in [0.4, 0.5) is 4.79 Å². The van der Waals surface area contributed by atoms with Crippen molar-refractivity contribution in [3.8, 4) is 0 Å². The Balaban J connectivity index is 2.04. The highest BCUT2D eigenvalue weighted by Gasteiger charge is 2.27. The van der Waals surface area contributed by atoms with Gasteiger partial charge in [0.15, 0.2) is 0 Å². The quantitative estimate of drug-likeness (QED) is 0.563. The first-order chi connectivity index (χ1) is 13.6. The lowest BCUT2D eigenvalue weighted by molar-refractivity contribution is -0.155. The molecule has 0 unspecified atom stereocenters. The Morgan fingerprint density at radius 1 is 0.929 bits per heavy atom. The van der Waals surface area contributed by atoms with Gasteiger partial charge in [-0.25, -0.2) is 9.59 Å². The minimum Gasteiger partial charge on any atom is -0.458 e. The van der Waals surface area contributed by atoms with E-state index in [-0.39, 0.29) is 13.0 Å². The molecule has 2 rings (SSSR count). The molecule has 28 heavy (non-hydrogen) atoms. The monoisotopic (exact) mass is 383 g/mol. The summed E-state index contributed by atoms with van der Waals surface area (Å²) in [6.07, 6.45) is 0.704. The van der Waals surface area contributed by atoms with Crippen LogP contribution in [0.3, 0.4) is 0 Å². The molecule has 5 heteroatoms. The molecule has 150 valence electrons. The summed E-state index contributed by atoms with van der Waals surface area (Å²) < 4.78 is 11.0. The molecule has 0 saturated heterocycles. The summed E-state index contributed by atoms with van der Waals surface area (Å²) in [5.41, 5.74) is 1.80. The van der Waals surface area contributed by atoms with Gasteiger partial charge in [0.05, 0.1) is 0 Å². The van der Waals surface area contributed by atoms with Gasteiger partial charge in [-0.05, 0) is 24.5 Å². The fraction of sp³-hybridized carbons (Fsp3) is 0.391. The molecular formula is C23H29NO4. The molecule has 0 aliphatic carbocycles. The third-order valence-corrected chi connectivity index (χ3v) is 4.42. The first-order valence-electron chi connectivity index (χ1n) is 9.84. The van der Waals surface area contributed by atoms with Gasteiger partial charge in [0, 0.05) is 19.5 Å². The standard InChI is InChI=1S/C23H29NO4/c1-3-5-16-24(4-2)23(26)28-21(17-19-12-8-6-9-13-19)22(25)27-18-20-14-10-7-11-15-20/h6-15,21H,3-5,16-18H2,1-2H3/t21-/m0/s1. The Morgan fingerprint density at radius 3 is 2.11 bits per heavy atom. The van der Waals surface area contributed by atoms with Crippen molar-refractivity contribution < 1.29 is 19.1 Å². The SMILES string of the molecule is CCCCN(CC)C(=O)O[C@@H](Cc1ccccc1)C(=O)OCc1ccccc1. The molecule has 5 nitrogen and oxygen atoms in total. The van der Waals surface area contributed by atoms with E-state index >= 15 is 0 Å². The summed E-state index contributed by atoms with van der Waals surface area (Å²) in [7, 11) is 0. The average Bonchev–Trinajstić information content (AvgIpc) is 2.73. The van der Waals surface area contributed by atoms with E-state index in [1.165, 1.54) is 0 Å². The number of carbonyl (C=O) groups excluding carboxylic acids is 2. The average molecular weight is 383 g/mol. The van der Waals surface area contributed by atoms with Crippen LogP contribution in [0.5, 0.6) is 0 Å². The van der Waals surface area contributed by atoms with Gasteiger partial charge < -0.3 is 14.4 Å². The topological polar surface area (TPSA) is 55.8 Å². The molecule has 1 amide bonds. The van der Waals surface area contributed by atoms with Crippen LogP contribution in [-0.4, -0.2) is 36.2 Å². The molecule has 0 spiro atoms. The molecule has 2 aromatic rings. The number of hydrogen-bond donors (Lipinski definition) is 0. The third-order valence-electron chi connectivity index (χ3n) is 4.42. The van der Waals surface area contributed by atoms with E-state index in [0.717, 1.165) is 24.0 Å². The molecule has 0 radical (unpaired) electrons. The van der Waals surface area contributed by atoms with Gasteiger partial charge in [0.2, 0.25) is 6.10 Å². The second-order valence-corrected chi connectivity index (χ2v) is 6.59. The highest BCUT2D eigenvalue weighted by Crippen LogP contribution is 2.12. The Bertz CT molecular complexity index is 718. The molecule has 2 aromatic carbocycles. The van der Waals surface area contributed by atoms with Crippen LogP contribution in [0.15, 0.2) is 60.7 Å². The van der Waals surface area contributed by atoms with Crippen molar-refractivity contribution in [3.05, 3.63) is 71.8 Å². The summed E-state index contributed by atoms with van der Waals surface area (Å²) in [5.74, 6) is -0.535. The molecule has 0 heterocycles. The van der Waals surface area contributed by atoms with Crippen molar-refractivity contribution in [1.82, 2.24) is 4.90 Å². The zero-order chi connectivity index (χ0) is 20.2. The summed E-state index contributed by atoms with van der Waals surface area (Å²) in [4.78, 5) is 26.8. The van der Waals surface area contributed by atoms with Crippen LogP contribution in [0.25, 0.3) is 0 Å². The van der Waals surface area contributed by atoms with Crippen molar-refractivity contribution in [3.63, 3.8) is 0 Å². The molecular weight excluding hydrogens is 354 g/mol. The number of unbranched alkanes of at least 4 members (excludes halogenated alkanes) is 1. The number of carbonyl (C=O) groups is 2. The number of amides is 1. The summed E-state index contributed by atoms with van der Waals surface area (Å²) in [6, 6.07) is 18.9. The Labute approximate surface area is 167 Å². The predicted octanol–water partition coefficient (Wildman–Crippen LogP) is 4.60. The van der Waals surface area contributed by atoms with Crippen LogP contribution in [0, 0.1) is 0 Å². The number of nitrogens with zero attached hydrogens (tertiary/aromatic N) is 1. The summed E-state index contributed by atoms with van der Waals surface area (Å²) >= 11 is 0. The first kappa shape index (κ1) is 21.5. The smallest absolute Gasteiger partial charge is 0.410 e. The summed E-state index contributed by atoms with van der Waals surface area (Å²) in [6.45, 7) is 5.27. The van der Waals surface area contributed by atoms with Crippen LogP contribution in [-0.2, 0) is 27.3 Å². The third kappa shape index (κ3) is 7.06. The number of hydrogen-bond acceptors (Lipinski definition) is 4. The second-order valence-electron chi connectivity index (χ2n) is 6.59. The number of esters is 1. The van der Waals surface area contributed by atoms with E-state index in [4.69, 9.17) is 9.47 Å². The van der Waals surface area contributed by atoms with Gasteiger partial charge in [0.25, 0.3) is 0 Å². The van der Waals surface area contributed by atoms with Crippen LogP contribution in [0.1, 0.15) is 37.8 Å². The minimum atomic E-state index is -0.978. The maximum atomic E-state index is 12.7. The lowest BCUT2D eigenvalue weighted by Gasteiger charge is -2.24. The Morgan fingerprint density at radius 2 is 1.54 bits per heavy atom. The van der Waals surface area contributed by atoms with Gasteiger partial charge >= 0.3 is 12.1 Å². The number of ether oxygens (including phenoxy) is 2. The fourth-order valence-electron chi connectivity index (χ4n) is 2.75. The van der Waals surface area contributed by atoms with Gasteiger partial charge in [-0.2, -0.15) is 0 Å². The van der Waals surface area contributed by atoms with E-state index in [9.17, 15) is 9.59 Å². The molecule has 0 fully saturated rings. The lowest BCUT2D eigenvalue weighted by Crippen LogP contribution is -2.39. The van der Waals surface area contributed by atoms with Gasteiger partial charge in [-0.15, -0.1) is 0 Å². The first-order valence-corrected chi connectivity index (χ1v) is 9.84. The molecule has 0 aromatic heterocycles. The van der Waals surface area contributed by atoms with Crippen molar-refractivity contribution in [2.75, 3.05) is 13.1 Å². The van der Waals surface area contributed by atoms with E-state index in [1.54, 1.807) is 4.90 Å². The van der Waals surface area contributed by atoms with Crippen molar-refractivity contribution in [2.24, 2.45) is 0 Å². The summed E-state index contributed by atoms with van der Waals surface area (Å²) in [5, 5.41) is 0. The van der Waals surface area contributed by atoms with Crippen molar-refractivity contribution in [2.45, 2.75) is 45.8 Å². The maximum Gasteiger partial charge on any atom is 0.410 e. The highest BCUT2D eigenvalue weighted by molar-refractivity contribution is 5.79. The Kier molecular flexibility index (Phi) is 9.05. The molecule has 0 aliphatic rings. The van der Waals surface area contributed by atoms with Crippen LogP contribution in [0.2, 0.25) is 0 Å². The molecule has 0 N–H and O–H groups in total. The van der Waals surface area contributed by atoms with Crippen LogP contribution < -0.4 is 0 Å². The van der Waals surface area contributed by atoms with E-state index < -0.39 is 18.2 Å². The van der Waals surface area contributed by atoms with Gasteiger partial charge in [-0.1, -0.05) is 74.0 Å². The molecule has 1 atom stereocenters. The van der Waals surface area contributed by atoms with Gasteiger partial charge in [0.1, 0.15) is 6.61 Å². The normalized spacial score (nSPS) is 11.5. The zero-order valence-corrected chi connectivity index (χ0v) is 16.7. The molecule has 0 bridgehead atoms. The maximum absolute atomic E-state index is 12.7. The lowest BCUT2D eigenvalue weighted by atomic mass is 10.1.